The largest absolute Gasteiger partial charge is 0.330 e. The van der Waals surface area contributed by atoms with E-state index in [9.17, 15) is 4.79 Å². The third-order valence-electron chi connectivity index (χ3n) is 3.85. The summed E-state index contributed by atoms with van der Waals surface area (Å²) >= 11 is 0. The van der Waals surface area contributed by atoms with Gasteiger partial charge in [0, 0.05) is 11.8 Å². The van der Waals surface area contributed by atoms with E-state index < -0.39 is 0 Å². The fourth-order valence-electron chi connectivity index (χ4n) is 2.71. The van der Waals surface area contributed by atoms with Crippen LogP contribution >= 0.6 is 0 Å². The topological polar surface area (TPSA) is 43.1 Å². The van der Waals surface area contributed by atoms with E-state index in [0.29, 0.717) is 18.2 Å². The normalized spacial score (nSPS) is 28.7. The smallest absolute Gasteiger partial charge is 0.138 e. The molecule has 0 aliphatic heterocycles. The third kappa shape index (κ3) is 3.60. The zero-order chi connectivity index (χ0) is 11.3. The Morgan fingerprint density at radius 1 is 1.47 bits per heavy atom. The van der Waals surface area contributed by atoms with Gasteiger partial charge in [0.05, 0.1) is 0 Å². The van der Waals surface area contributed by atoms with Gasteiger partial charge in [-0.25, -0.2) is 0 Å². The molecule has 2 heteroatoms. The van der Waals surface area contributed by atoms with Crippen LogP contribution in [0, 0.1) is 17.8 Å². The summed E-state index contributed by atoms with van der Waals surface area (Å²) in [5.41, 5.74) is 5.50. The van der Waals surface area contributed by atoms with Gasteiger partial charge in [-0.1, -0.05) is 33.1 Å². The fraction of sp³-hybridized carbons (Fsp3) is 0.923. The lowest BCUT2D eigenvalue weighted by Crippen LogP contribution is -2.28. The van der Waals surface area contributed by atoms with Gasteiger partial charge in [-0.15, -0.1) is 0 Å². The molecule has 0 aromatic rings. The summed E-state index contributed by atoms with van der Waals surface area (Å²) in [6.07, 6.45) is 6.89. The van der Waals surface area contributed by atoms with Crippen LogP contribution in [0.3, 0.4) is 0 Å². The maximum Gasteiger partial charge on any atom is 0.138 e. The first-order valence-corrected chi connectivity index (χ1v) is 6.42. The van der Waals surface area contributed by atoms with Gasteiger partial charge in [-0.05, 0) is 31.7 Å². The Morgan fingerprint density at radius 3 is 2.80 bits per heavy atom. The zero-order valence-corrected chi connectivity index (χ0v) is 10.2. The van der Waals surface area contributed by atoms with Crippen molar-refractivity contribution in [2.45, 2.75) is 52.4 Å². The number of ketones is 1. The number of hydrogen-bond acceptors (Lipinski definition) is 2. The van der Waals surface area contributed by atoms with E-state index in [0.717, 1.165) is 25.2 Å². The molecule has 1 fully saturated rings. The van der Waals surface area contributed by atoms with E-state index in [-0.39, 0.29) is 5.92 Å². The first-order valence-electron chi connectivity index (χ1n) is 6.42. The molecule has 0 aromatic carbocycles. The molecule has 0 saturated heterocycles. The van der Waals surface area contributed by atoms with Crippen molar-refractivity contribution in [1.82, 2.24) is 0 Å². The molecule has 1 rings (SSSR count). The monoisotopic (exact) mass is 211 g/mol. The van der Waals surface area contributed by atoms with Gasteiger partial charge in [0.15, 0.2) is 0 Å². The predicted molar refractivity (Wildman–Crippen MR) is 63.6 cm³/mol. The van der Waals surface area contributed by atoms with Crippen molar-refractivity contribution in [2.24, 2.45) is 23.5 Å². The highest BCUT2D eigenvalue weighted by molar-refractivity contribution is 5.83. The molecule has 0 spiro atoms. The second-order valence-corrected chi connectivity index (χ2v) is 5.02. The van der Waals surface area contributed by atoms with Gasteiger partial charge in [-0.2, -0.15) is 0 Å². The van der Waals surface area contributed by atoms with E-state index in [2.05, 4.69) is 6.92 Å². The minimum Gasteiger partial charge on any atom is -0.330 e. The molecular formula is C13H25NO. The van der Waals surface area contributed by atoms with Crippen molar-refractivity contribution in [1.29, 1.82) is 0 Å². The second kappa shape index (κ2) is 6.26. The molecule has 1 aliphatic rings. The van der Waals surface area contributed by atoms with Crippen LogP contribution in [0.15, 0.2) is 0 Å². The highest BCUT2D eigenvalue weighted by Crippen LogP contribution is 2.33. The molecule has 0 bridgehead atoms. The fourth-order valence-corrected chi connectivity index (χ4v) is 2.71. The van der Waals surface area contributed by atoms with Gasteiger partial charge in [0.2, 0.25) is 0 Å². The summed E-state index contributed by atoms with van der Waals surface area (Å²) in [7, 11) is 0. The van der Waals surface area contributed by atoms with Crippen molar-refractivity contribution < 1.29 is 4.79 Å². The standard InChI is InChI=1S/C13H25NO/c1-3-11-5-4-6-12(9-11)13(15)10(2)7-8-14/h10-12H,3-9,14H2,1-2H3. The lowest BCUT2D eigenvalue weighted by Gasteiger charge is -2.29. The summed E-state index contributed by atoms with van der Waals surface area (Å²) in [5.74, 6) is 1.78. The van der Waals surface area contributed by atoms with E-state index in [4.69, 9.17) is 5.73 Å². The van der Waals surface area contributed by atoms with E-state index in [1.165, 1.54) is 19.3 Å². The van der Waals surface area contributed by atoms with Gasteiger partial charge in [0.25, 0.3) is 0 Å². The highest BCUT2D eigenvalue weighted by atomic mass is 16.1. The summed E-state index contributed by atoms with van der Waals surface area (Å²) in [4.78, 5) is 12.1. The van der Waals surface area contributed by atoms with Crippen molar-refractivity contribution in [3.05, 3.63) is 0 Å². The van der Waals surface area contributed by atoms with E-state index in [1.807, 2.05) is 6.92 Å². The lowest BCUT2D eigenvalue weighted by molar-refractivity contribution is -0.127. The van der Waals surface area contributed by atoms with Crippen LogP contribution in [0.4, 0.5) is 0 Å². The third-order valence-corrected chi connectivity index (χ3v) is 3.85. The SMILES string of the molecule is CCC1CCCC(C(=O)C(C)CCN)C1. The molecule has 88 valence electrons. The number of Topliss-reactive ketones (excluding diaryl/α,β-unsaturated/α-hetero) is 1. The Kier molecular flexibility index (Phi) is 5.30. The Balaban J connectivity index is 2.44. The van der Waals surface area contributed by atoms with Crippen molar-refractivity contribution >= 4 is 5.78 Å². The van der Waals surface area contributed by atoms with Gasteiger partial charge in [0.1, 0.15) is 5.78 Å². The zero-order valence-electron chi connectivity index (χ0n) is 10.2. The second-order valence-electron chi connectivity index (χ2n) is 5.02. The summed E-state index contributed by atoms with van der Waals surface area (Å²) in [6, 6.07) is 0. The number of nitrogens with two attached hydrogens (primary N) is 1. The van der Waals surface area contributed by atoms with Crippen LogP contribution < -0.4 is 5.73 Å². The summed E-state index contributed by atoms with van der Waals surface area (Å²) in [6.45, 7) is 4.91. The van der Waals surface area contributed by atoms with Gasteiger partial charge in [-0.3, -0.25) is 4.79 Å². The van der Waals surface area contributed by atoms with Crippen LogP contribution in [0.2, 0.25) is 0 Å². The Bertz CT molecular complexity index is 203. The molecule has 1 saturated carbocycles. The molecule has 3 unspecified atom stereocenters. The van der Waals surface area contributed by atoms with Crippen LogP contribution in [-0.4, -0.2) is 12.3 Å². The lowest BCUT2D eigenvalue weighted by atomic mass is 9.75. The Morgan fingerprint density at radius 2 is 2.20 bits per heavy atom. The quantitative estimate of drug-likeness (QED) is 0.760. The number of carbonyl (C=O) groups excluding carboxylic acids is 1. The maximum absolute atomic E-state index is 12.1. The molecule has 0 aromatic heterocycles. The molecule has 0 heterocycles. The molecule has 1 aliphatic carbocycles. The first kappa shape index (κ1) is 12.7. The average Bonchev–Trinajstić information content (AvgIpc) is 2.28. The Hall–Kier alpha value is -0.370. The van der Waals surface area contributed by atoms with Crippen LogP contribution in [-0.2, 0) is 4.79 Å². The molecule has 15 heavy (non-hydrogen) atoms. The van der Waals surface area contributed by atoms with Crippen molar-refractivity contribution in [3.63, 3.8) is 0 Å². The summed E-state index contributed by atoms with van der Waals surface area (Å²) in [5, 5.41) is 0. The molecular weight excluding hydrogens is 186 g/mol. The number of hydrogen-bond donors (Lipinski definition) is 1. The van der Waals surface area contributed by atoms with E-state index in [1.54, 1.807) is 0 Å². The van der Waals surface area contributed by atoms with Gasteiger partial charge < -0.3 is 5.73 Å². The summed E-state index contributed by atoms with van der Waals surface area (Å²) < 4.78 is 0. The highest BCUT2D eigenvalue weighted by Gasteiger charge is 2.28. The molecule has 0 amide bonds. The van der Waals surface area contributed by atoms with Crippen LogP contribution in [0.5, 0.6) is 0 Å². The maximum atomic E-state index is 12.1. The minimum atomic E-state index is 0.176. The van der Waals surface area contributed by atoms with E-state index >= 15 is 0 Å². The van der Waals surface area contributed by atoms with Crippen molar-refractivity contribution in [3.8, 4) is 0 Å². The molecule has 3 atom stereocenters. The molecule has 2 N–H and O–H groups in total. The van der Waals surface area contributed by atoms with Crippen LogP contribution in [0.25, 0.3) is 0 Å². The van der Waals surface area contributed by atoms with Gasteiger partial charge >= 0.3 is 0 Å². The average molecular weight is 211 g/mol. The minimum absolute atomic E-state index is 0.176. The Labute approximate surface area is 93.6 Å². The number of carbonyl (C=O) groups is 1. The molecule has 0 radical (unpaired) electrons. The number of rotatable bonds is 5. The predicted octanol–water partition coefficient (Wildman–Crippen LogP) is 2.76. The first-order chi connectivity index (χ1) is 7.19. The van der Waals surface area contributed by atoms with Crippen molar-refractivity contribution in [2.75, 3.05) is 6.54 Å². The molecule has 2 nitrogen and oxygen atoms in total. The van der Waals surface area contributed by atoms with Crippen LogP contribution in [0.1, 0.15) is 52.4 Å².